The second kappa shape index (κ2) is 5.43. The van der Waals surface area contributed by atoms with E-state index in [0.29, 0.717) is 0 Å². The molecule has 0 aliphatic carbocycles. The van der Waals surface area contributed by atoms with Gasteiger partial charge in [0.15, 0.2) is 0 Å². The maximum atomic E-state index is 12.6. The van der Waals surface area contributed by atoms with Crippen LogP contribution in [0, 0.1) is 6.92 Å². The quantitative estimate of drug-likeness (QED) is 0.747. The van der Waals surface area contributed by atoms with Gasteiger partial charge in [-0.25, -0.2) is 0 Å². The van der Waals surface area contributed by atoms with Crippen molar-refractivity contribution in [1.29, 1.82) is 0 Å². The Kier molecular flexibility index (Phi) is 3.27. The summed E-state index contributed by atoms with van der Waals surface area (Å²) in [6, 6.07) is 20.1. The number of nitrogens with one attached hydrogen (secondary N) is 2. The lowest BCUT2D eigenvalue weighted by molar-refractivity contribution is -0.116. The Morgan fingerprint density at radius 2 is 1.87 bits per heavy atom. The highest BCUT2D eigenvalue weighted by molar-refractivity contribution is 5.99. The number of carbonyl (C=O) groups excluding carboxylic acids is 1. The fourth-order valence-electron chi connectivity index (χ4n) is 3.21. The molecule has 0 saturated carbocycles. The van der Waals surface area contributed by atoms with Crippen molar-refractivity contribution in [2.24, 2.45) is 0 Å². The normalized spacial score (nSPS) is 16.0. The van der Waals surface area contributed by atoms with Crippen LogP contribution in [0.25, 0.3) is 10.8 Å². The van der Waals surface area contributed by atoms with E-state index in [1.54, 1.807) is 0 Å². The Morgan fingerprint density at radius 1 is 1.04 bits per heavy atom. The van der Waals surface area contributed by atoms with E-state index >= 15 is 0 Å². The summed E-state index contributed by atoms with van der Waals surface area (Å²) in [6.45, 7) is 2.06. The standard InChI is InChI=1S/C20H18N2O/c1-13-5-4-8-16-12-18(22-19(13)16)20(23)21-17-10-9-14-6-2-3-7-15(14)11-17/h2-11,18,22H,12H2,1H3,(H,21,23). The van der Waals surface area contributed by atoms with E-state index in [4.69, 9.17) is 0 Å². The van der Waals surface area contributed by atoms with Gasteiger partial charge in [0.05, 0.1) is 0 Å². The molecule has 3 aromatic rings. The van der Waals surface area contributed by atoms with Gasteiger partial charge in [0.2, 0.25) is 5.91 Å². The van der Waals surface area contributed by atoms with Crippen LogP contribution < -0.4 is 10.6 Å². The van der Waals surface area contributed by atoms with Gasteiger partial charge in [0.25, 0.3) is 0 Å². The van der Waals surface area contributed by atoms with Crippen LogP contribution in [0.2, 0.25) is 0 Å². The third kappa shape index (κ3) is 2.55. The number of hydrogen-bond acceptors (Lipinski definition) is 2. The van der Waals surface area contributed by atoms with Crippen LogP contribution in [0.4, 0.5) is 11.4 Å². The number of aryl methyl sites for hydroxylation is 1. The maximum Gasteiger partial charge on any atom is 0.247 e. The lowest BCUT2D eigenvalue weighted by Gasteiger charge is -2.13. The van der Waals surface area contributed by atoms with Gasteiger partial charge in [-0.05, 0) is 41.0 Å². The van der Waals surface area contributed by atoms with E-state index in [1.165, 1.54) is 16.5 Å². The molecule has 0 aromatic heterocycles. The summed E-state index contributed by atoms with van der Waals surface area (Å²) in [5, 5.41) is 8.68. The smallest absolute Gasteiger partial charge is 0.247 e. The highest BCUT2D eigenvalue weighted by atomic mass is 16.2. The molecule has 3 aromatic carbocycles. The molecule has 114 valence electrons. The predicted octanol–water partition coefficient (Wildman–Crippen LogP) is 4.12. The topological polar surface area (TPSA) is 41.1 Å². The molecule has 3 heteroatoms. The average Bonchev–Trinajstić information content (AvgIpc) is 3.01. The molecule has 1 aliphatic rings. The number of carbonyl (C=O) groups is 1. The first-order valence-electron chi connectivity index (χ1n) is 7.85. The molecular weight excluding hydrogens is 284 g/mol. The van der Waals surface area contributed by atoms with Crippen molar-refractivity contribution >= 4 is 28.1 Å². The zero-order chi connectivity index (χ0) is 15.8. The number of hydrogen-bond donors (Lipinski definition) is 2. The van der Waals surface area contributed by atoms with E-state index < -0.39 is 0 Å². The van der Waals surface area contributed by atoms with Gasteiger partial charge in [-0.3, -0.25) is 4.79 Å². The Balaban J connectivity index is 1.53. The van der Waals surface area contributed by atoms with Gasteiger partial charge < -0.3 is 10.6 Å². The summed E-state index contributed by atoms with van der Waals surface area (Å²) >= 11 is 0. The number of anilines is 2. The molecule has 0 fully saturated rings. The maximum absolute atomic E-state index is 12.6. The minimum absolute atomic E-state index is 0.0101. The Labute approximate surface area is 135 Å². The van der Waals surface area contributed by atoms with Crippen LogP contribution in [0.5, 0.6) is 0 Å². The van der Waals surface area contributed by atoms with Crippen molar-refractivity contribution in [2.75, 3.05) is 10.6 Å². The average molecular weight is 302 g/mol. The first-order chi connectivity index (χ1) is 11.2. The highest BCUT2D eigenvalue weighted by Gasteiger charge is 2.27. The third-order valence-electron chi connectivity index (χ3n) is 4.44. The summed E-state index contributed by atoms with van der Waals surface area (Å²) < 4.78 is 0. The van der Waals surface area contributed by atoms with Crippen molar-refractivity contribution in [2.45, 2.75) is 19.4 Å². The van der Waals surface area contributed by atoms with Crippen molar-refractivity contribution in [3.8, 4) is 0 Å². The second-order valence-electron chi connectivity index (χ2n) is 6.06. The Morgan fingerprint density at radius 3 is 2.70 bits per heavy atom. The summed E-state index contributed by atoms with van der Waals surface area (Å²) in [5.41, 5.74) is 4.33. The number of rotatable bonds is 2. The summed E-state index contributed by atoms with van der Waals surface area (Å²) in [5.74, 6) is 0.0101. The van der Waals surface area contributed by atoms with Gasteiger partial charge in [0, 0.05) is 17.8 Å². The third-order valence-corrected chi connectivity index (χ3v) is 4.44. The van der Waals surface area contributed by atoms with Gasteiger partial charge in [-0.2, -0.15) is 0 Å². The molecule has 0 spiro atoms. The number of amides is 1. The molecule has 4 rings (SSSR count). The monoisotopic (exact) mass is 302 g/mol. The fraction of sp³-hybridized carbons (Fsp3) is 0.150. The molecule has 1 aliphatic heterocycles. The fourth-order valence-corrected chi connectivity index (χ4v) is 3.21. The summed E-state index contributed by atoms with van der Waals surface area (Å²) in [4.78, 5) is 12.6. The van der Waals surface area contributed by atoms with Crippen LogP contribution in [0.3, 0.4) is 0 Å². The molecular formula is C20H18N2O. The van der Waals surface area contributed by atoms with Crippen LogP contribution in [-0.2, 0) is 11.2 Å². The van der Waals surface area contributed by atoms with E-state index in [0.717, 1.165) is 23.2 Å². The zero-order valence-corrected chi connectivity index (χ0v) is 13.0. The van der Waals surface area contributed by atoms with Crippen LogP contribution in [0.15, 0.2) is 60.7 Å². The van der Waals surface area contributed by atoms with Gasteiger partial charge >= 0.3 is 0 Å². The summed E-state index contributed by atoms with van der Waals surface area (Å²) in [6.07, 6.45) is 0.733. The number of fused-ring (bicyclic) bond motifs is 2. The van der Waals surface area contributed by atoms with Crippen molar-refractivity contribution in [1.82, 2.24) is 0 Å². The van der Waals surface area contributed by atoms with E-state index in [9.17, 15) is 4.79 Å². The first kappa shape index (κ1) is 13.8. The molecule has 1 heterocycles. The van der Waals surface area contributed by atoms with Crippen LogP contribution >= 0.6 is 0 Å². The molecule has 0 bridgehead atoms. The lowest BCUT2D eigenvalue weighted by atomic mass is 10.1. The highest BCUT2D eigenvalue weighted by Crippen LogP contribution is 2.29. The van der Waals surface area contributed by atoms with E-state index in [2.05, 4.69) is 41.8 Å². The minimum Gasteiger partial charge on any atom is -0.373 e. The van der Waals surface area contributed by atoms with Crippen LogP contribution in [-0.4, -0.2) is 11.9 Å². The predicted molar refractivity (Wildman–Crippen MR) is 94.9 cm³/mol. The van der Waals surface area contributed by atoms with Crippen LogP contribution in [0.1, 0.15) is 11.1 Å². The van der Waals surface area contributed by atoms with Crippen molar-refractivity contribution in [3.63, 3.8) is 0 Å². The molecule has 1 atom stereocenters. The SMILES string of the molecule is Cc1cccc2c1NC(C(=O)Nc1ccc3ccccc3c1)C2. The van der Waals surface area contributed by atoms with Crippen molar-refractivity contribution < 1.29 is 4.79 Å². The number of benzene rings is 3. The molecule has 3 nitrogen and oxygen atoms in total. The molecule has 1 unspecified atom stereocenters. The molecule has 2 N–H and O–H groups in total. The first-order valence-corrected chi connectivity index (χ1v) is 7.85. The minimum atomic E-state index is -0.211. The largest absolute Gasteiger partial charge is 0.373 e. The molecule has 0 radical (unpaired) electrons. The second-order valence-corrected chi connectivity index (χ2v) is 6.06. The van der Waals surface area contributed by atoms with Gasteiger partial charge in [-0.1, -0.05) is 48.5 Å². The summed E-state index contributed by atoms with van der Waals surface area (Å²) in [7, 11) is 0. The molecule has 23 heavy (non-hydrogen) atoms. The number of para-hydroxylation sites is 1. The zero-order valence-electron chi connectivity index (χ0n) is 13.0. The van der Waals surface area contributed by atoms with Gasteiger partial charge in [-0.15, -0.1) is 0 Å². The van der Waals surface area contributed by atoms with E-state index in [1.807, 2.05) is 36.4 Å². The lowest BCUT2D eigenvalue weighted by Crippen LogP contribution is -2.32. The Hall–Kier alpha value is -2.81. The van der Waals surface area contributed by atoms with Gasteiger partial charge in [0.1, 0.15) is 6.04 Å². The van der Waals surface area contributed by atoms with Crippen molar-refractivity contribution in [3.05, 3.63) is 71.8 Å². The molecule has 0 saturated heterocycles. The molecule has 1 amide bonds. The van der Waals surface area contributed by atoms with E-state index in [-0.39, 0.29) is 11.9 Å². The Bertz CT molecular complexity index is 901.